The number of hydrogen-bond acceptors (Lipinski definition) is 3. The van der Waals surface area contributed by atoms with Crippen molar-refractivity contribution in [1.29, 1.82) is 0 Å². The van der Waals surface area contributed by atoms with Gasteiger partial charge in [-0.3, -0.25) is 4.79 Å². The second-order valence-corrected chi connectivity index (χ2v) is 9.15. The highest BCUT2D eigenvalue weighted by atomic mass is 32.2. The van der Waals surface area contributed by atoms with Crippen LogP contribution in [0.15, 0.2) is 48.5 Å². The van der Waals surface area contributed by atoms with Gasteiger partial charge < -0.3 is 4.90 Å². The Kier molecular flexibility index (Phi) is 5.77. The molecule has 3 rings (SSSR count). The molecule has 0 radical (unpaired) electrons. The Labute approximate surface area is 155 Å². The maximum Gasteiger partial charge on any atom is 0.242 e. The minimum absolute atomic E-state index is 0.0439. The Bertz CT molecular complexity index is 875. The number of carbonyl (C=O) groups is 1. The molecule has 0 saturated heterocycles. The van der Waals surface area contributed by atoms with E-state index in [2.05, 4.69) is 6.07 Å². The first-order valence-electron chi connectivity index (χ1n) is 9.09. The summed E-state index contributed by atoms with van der Waals surface area (Å²) < 4.78 is 24.8. The van der Waals surface area contributed by atoms with Gasteiger partial charge in [0.2, 0.25) is 5.91 Å². The molecular weight excluding hydrogens is 346 g/mol. The minimum Gasteiger partial charge on any atom is -0.311 e. The highest BCUT2D eigenvalue weighted by Crippen LogP contribution is 2.28. The van der Waals surface area contributed by atoms with Crippen molar-refractivity contribution >= 4 is 21.4 Å². The van der Waals surface area contributed by atoms with E-state index in [1.165, 1.54) is 0 Å². The molecular formula is C21H25NO3S. The van der Waals surface area contributed by atoms with E-state index < -0.39 is 15.6 Å². The smallest absolute Gasteiger partial charge is 0.242 e. The Balaban J connectivity index is 1.60. The summed E-state index contributed by atoms with van der Waals surface area (Å²) in [5.41, 5.74) is 4.28. The van der Waals surface area contributed by atoms with Gasteiger partial charge in [0.15, 0.2) is 9.84 Å². The van der Waals surface area contributed by atoms with E-state index in [0.29, 0.717) is 19.4 Å². The van der Waals surface area contributed by atoms with Crippen LogP contribution in [0.25, 0.3) is 0 Å². The average molecular weight is 372 g/mol. The number of carbonyl (C=O) groups excluding carboxylic acids is 1. The molecule has 2 aromatic rings. The van der Waals surface area contributed by atoms with E-state index in [9.17, 15) is 13.2 Å². The van der Waals surface area contributed by atoms with Crippen molar-refractivity contribution in [2.75, 3.05) is 23.0 Å². The number of aryl methyl sites for hydroxylation is 3. The van der Waals surface area contributed by atoms with Crippen molar-refractivity contribution in [3.8, 4) is 0 Å². The molecule has 0 saturated carbocycles. The zero-order chi connectivity index (χ0) is 18.6. The van der Waals surface area contributed by atoms with Crippen LogP contribution in [0.2, 0.25) is 0 Å². The lowest BCUT2D eigenvalue weighted by atomic mass is 9.99. The van der Waals surface area contributed by atoms with Gasteiger partial charge in [-0.15, -0.1) is 0 Å². The molecule has 0 aliphatic carbocycles. The third-order valence-electron chi connectivity index (χ3n) is 4.76. The van der Waals surface area contributed by atoms with Gasteiger partial charge in [-0.2, -0.15) is 0 Å². The summed E-state index contributed by atoms with van der Waals surface area (Å²) >= 11 is 0. The second-order valence-electron chi connectivity index (χ2n) is 6.96. The number of benzene rings is 2. The zero-order valence-corrected chi connectivity index (χ0v) is 16.0. The fourth-order valence-corrected chi connectivity index (χ4v) is 4.72. The fraction of sp³-hybridized carbons (Fsp3) is 0.381. The van der Waals surface area contributed by atoms with Gasteiger partial charge in [-0.25, -0.2) is 8.42 Å². The predicted octanol–water partition coefficient (Wildman–Crippen LogP) is 3.32. The summed E-state index contributed by atoms with van der Waals surface area (Å²) in [5, 5.41) is 0. The summed E-state index contributed by atoms with van der Waals surface area (Å²) in [5.74, 6) is -0.674. The quantitative estimate of drug-likeness (QED) is 0.783. The molecule has 0 bridgehead atoms. The normalized spacial score (nSPS) is 14.1. The molecule has 0 atom stereocenters. The first-order chi connectivity index (χ1) is 12.4. The lowest BCUT2D eigenvalue weighted by Gasteiger charge is -2.29. The van der Waals surface area contributed by atoms with E-state index in [0.717, 1.165) is 35.2 Å². The minimum atomic E-state index is -3.40. The topological polar surface area (TPSA) is 54.5 Å². The van der Waals surface area contributed by atoms with Crippen molar-refractivity contribution in [2.45, 2.75) is 32.6 Å². The molecule has 4 nitrogen and oxygen atoms in total. The molecule has 0 aromatic heterocycles. The van der Waals surface area contributed by atoms with Crippen LogP contribution in [0.3, 0.4) is 0 Å². The molecule has 0 N–H and O–H groups in total. The molecule has 1 heterocycles. The fourth-order valence-electron chi connectivity index (χ4n) is 3.46. The van der Waals surface area contributed by atoms with E-state index in [1.807, 2.05) is 49.4 Å². The molecule has 0 unspecified atom stereocenters. The lowest BCUT2D eigenvalue weighted by molar-refractivity contribution is -0.116. The predicted molar refractivity (Wildman–Crippen MR) is 105 cm³/mol. The standard InChI is InChI=1S/C21H25NO3S/c1-17-11-12-20-19(15-17)10-5-13-22(20)21(23)16-26(24,25)14-6-9-18-7-3-2-4-8-18/h2-4,7-8,11-12,15H,5-6,9-10,13-14,16H2,1H3. The summed E-state index contributed by atoms with van der Waals surface area (Å²) in [7, 11) is -3.40. The first kappa shape index (κ1) is 18.6. The molecule has 1 amide bonds. The van der Waals surface area contributed by atoms with Crippen molar-refractivity contribution in [3.63, 3.8) is 0 Å². The Morgan fingerprint density at radius 2 is 1.88 bits per heavy atom. The highest BCUT2D eigenvalue weighted by Gasteiger charge is 2.26. The van der Waals surface area contributed by atoms with Gasteiger partial charge in [0.25, 0.3) is 0 Å². The average Bonchev–Trinajstić information content (AvgIpc) is 2.61. The Hall–Kier alpha value is -2.14. The van der Waals surface area contributed by atoms with Crippen LogP contribution in [0.1, 0.15) is 29.5 Å². The number of sulfone groups is 1. The number of fused-ring (bicyclic) bond motifs is 1. The van der Waals surface area contributed by atoms with Crippen molar-refractivity contribution < 1.29 is 13.2 Å². The molecule has 26 heavy (non-hydrogen) atoms. The van der Waals surface area contributed by atoms with Crippen molar-refractivity contribution in [1.82, 2.24) is 0 Å². The lowest BCUT2D eigenvalue weighted by Crippen LogP contribution is -2.39. The second kappa shape index (κ2) is 8.04. The molecule has 138 valence electrons. The van der Waals surface area contributed by atoms with Crippen LogP contribution in [0, 0.1) is 6.92 Å². The maximum atomic E-state index is 12.6. The van der Waals surface area contributed by atoms with E-state index in [4.69, 9.17) is 0 Å². The van der Waals surface area contributed by atoms with Crippen LogP contribution < -0.4 is 4.90 Å². The van der Waals surface area contributed by atoms with Gasteiger partial charge in [0.1, 0.15) is 5.75 Å². The summed E-state index contributed by atoms with van der Waals surface area (Å²) in [6, 6.07) is 15.8. The van der Waals surface area contributed by atoms with Gasteiger partial charge >= 0.3 is 0 Å². The van der Waals surface area contributed by atoms with Crippen molar-refractivity contribution in [3.05, 3.63) is 65.2 Å². The molecule has 0 fully saturated rings. The number of nitrogens with zero attached hydrogens (tertiary/aromatic N) is 1. The number of hydrogen-bond donors (Lipinski definition) is 0. The number of amides is 1. The molecule has 1 aliphatic rings. The van der Waals surface area contributed by atoms with E-state index in [-0.39, 0.29) is 11.7 Å². The maximum absolute atomic E-state index is 12.6. The van der Waals surface area contributed by atoms with Crippen molar-refractivity contribution in [2.24, 2.45) is 0 Å². The zero-order valence-electron chi connectivity index (χ0n) is 15.1. The van der Waals surface area contributed by atoms with Gasteiger partial charge in [0.05, 0.1) is 5.75 Å². The van der Waals surface area contributed by atoms with Gasteiger partial charge in [-0.1, -0.05) is 48.0 Å². The van der Waals surface area contributed by atoms with Crippen LogP contribution >= 0.6 is 0 Å². The van der Waals surface area contributed by atoms with Crippen LogP contribution in [-0.4, -0.2) is 32.4 Å². The Morgan fingerprint density at radius 1 is 1.12 bits per heavy atom. The van der Waals surface area contributed by atoms with Crippen LogP contribution in [0.4, 0.5) is 5.69 Å². The van der Waals surface area contributed by atoms with Gasteiger partial charge in [-0.05, 0) is 49.8 Å². The number of rotatable bonds is 6. The summed E-state index contributed by atoms with van der Waals surface area (Å²) in [6.07, 6.45) is 3.05. The monoisotopic (exact) mass is 371 g/mol. The summed E-state index contributed by atoms with van der Waals surface area (Å²) in [6.45, 7) is 2.62. The van der Waals surface area contributed by atoms with E-state index >= 15 is 0 Å². The van der Waals surface area contributed by atoms with Gasteiger partial charge in [0, 0.05) is 12.2 Å². The first-order valence-corrected chi connectivity index (χ1v) is 10.9. The molecule has 0 spiro atoms. The SMILES string of the molecule is Cc1ccc2c(c1)CCCN2C(=O)CS(=O)(=O)CCCc1ccccc1. The molecule has 1 aliphatic heterocycles. The number of anilines is 1. The molecule has 2 aromatic carbocycles. The third-order valence-corrected chi connectivity index (χ3v) is 6.36. The van der Waals surface area contributed by atoms with E-state index in [1.54, 1.807) is 4.90 Å². The van der Waals surface area contributed by atoms with Crippen LogP contribution in [-0.2, 0) is 27.5 Å². The summed E-state index contributed by atoms with van der Waals surface area (Å²) in [4.78, 5) is 14.3. The highest BCUT2D eigenvalue weighted by molar-refractivity contribution is 7.92. The largest absolute Gasteiger partial charge is 0.311 e. The van der Waals surface area contributed by atoms with Crippen LogP contribution in [0.5, 0.6) is 0 Å². The molecule has 5 heteroatoms. The third kappa shape index (κ3) is 4.73. The Morgan fingerprint density at radius 3 is 2.65 bits per heavy atom.